The van der Waals surface area contributed by atoms with Crippen LogP contribution in [0.1, 0.15) is 38.5 Å². The van der Waals surface area contributed by atoms with Crippen LogP contribution in [-0.2, 0) is 6.54 Å². The first kappa shape index (κ1) is 11.5. The lowest BCUT2D eigenvalue weighted by Crippen LogP contribution is -2.19. The molecule has 16 heavy (non-hydrogen) atoms. The number of hydrogen-bond donors (Lipinski definition) is 1. The van der Waals surface area contributed by atoms with Gasteiger partial charge in [-0.15, -0.1) is 0 Å². The predicted octanol–water partition coefficient (Wildman–Crippen LogP) is 1.94. The van der Waals surface area contributed by atoms with Gasteiger partial charge in [-0.2, -0.15) is 5.10 Å². The molecule has 0 aliphatic heterocycles. The smallest absolute Gasteiger partial charge is 0.157 e. The van der Waals surface area contributed by atoms with Gasteiger partial charge in [-0.25, -0.2) is 0 Å². The zero-order chi connectivity index (χ0) is 11.2. The maximum Gasteiger partial charge on any atom is 0.157 e. The van der Waals surface area contributed by atoms with Gasteiger partial charge in [0.1, 0.15) is 0 Å². The Balaban J connectivity index is 1.81. The fourth-order valence-corrected chi connectivity index (χ4v) is 2.16. The molecule has 0 radical (unpaired) electrons. The van der Waals surface area contributed by atoms with Crippen LogP contribution < -0.4 is 10.5 Å². The molecule has 1 saturated carbocycles. The molecule has 0 amide bonds. The monoisotopic (exact) mass is 223 g/mol. The number of ether oxygens (including phenoxy) is 1. The Morgan fingerprint density at radius 1 is 1.38 bits per heavy atom. The van der Waals surface area contributed by atoms with Gasteiger partial charge in [0.05, 0.1) is 18.5 Å². The van der Waals surface area contributed by atoms with Crippen LogP contribution in [0.5, 0.6) is 5.75 Å². The standard InChI is InChI=1S/C12H21N3O/c13-7-4-8-15-10-12(9-14-15)16-11-5-2-1-3-6-11/h9-11H,1-8,13H2. The Bertz CT molecular complexity index is 305. The minimum atomic E-state index is 0.404. The molecule has 90 valence electrons. The summed E-state index contributed by atoms with van der Waals surface area (Å²) in [4.78, 5) is 0. The lowest BCUT2D eigenvalue weighted by atomic mass is 9.98. The third-order valence-electron chi connectivity index (χ3n) is 3.06. The first-order valence-electron chi connectivity index (χ1n) is 6.27. The topological polar surface area (TPSA) is 53.1 Å². The van der Waals surface area contributed by atoms with Crippen LogP contribution in [0, 0.1) is 0 Å². The molecule has 2 N–H and O–H groups in total. The van der Waals surface area contributed by atoms with Gasteiger partial charge < -0.3 is 10.5 Å². The van der Waals surface area contributed by atoms with Gasteiger partial charge in [0.2, 0.25) is 0 Å². The average Bonchev–Trinajstić information content (AvgIpc) is 2.75. The number of aromatic nitrogens is 2. The van der Waals surface area contributed by atoms with E-state index < -0.39 is 0 Å². The van der Waals surface area contributed by atoms with Crippen molar-refractivity contribution in [3.63, 3.8) is 0 Å². The molecule has 0 spiro atoms. The van der Waals surface area contributed by atoms with E-state index in [2.05, 4.69) is 5.10 Å². The van der Waals surface area contributed by atoms with Crippen molar-refractivity contribution < 1.29 is 4.74 Å². The third kappa shape index (κ3) is 3.23. The predicted molar refractivity (Wildman–Crippen MR) is 63.4 cm³/mol. The van der Waals surface area contributed by atoms with E-state index in [1.807, 2.05) is 17.1 Å². The first-order chi connectivity index (χ1) is 7.88. The molecule has 1 aliphatic rings. The van der Waals surface area contributed by atoms with Crippen molar-refractivity contribution in [1.29, 1.82) is 0 Å². The van der Waals surface area contributed by atoms with Crippen molar-refractivity contribution in [2.75, 3.05) is 6.54 Å². The van der Waals surface area contributed by atoms with Gasteiger partial charge in [0, 0.05) is 6.54 Å². The van der Waals surface area contributed by atoms with Crippen LogP contribution in [0.4, 0.5) is 0 Å². The molecule has 0 aromatic carbocycles. The molecule has 1 fully saturated rings. The number of nitrogens with zero attached hydrogens (tertiary/aromatic N) is 2. The van der Waals surface area contributed by atoms with Crippen LogP contribution >= 0.6 is 0 Å². The first-order valence-corrected chi connectivity index (χ1v) is 6.27. The molecule has 4 nitrogen and oxygen atoms in total. The summed E-state index contributed by atoms with van der Waals surface area (Å²) in [7, 11) is 0. The Morgan fingerprint density at radius 3 is 2.94 bits per heavy atom. The average molecular weight is 223 g/mol. The SMILES string of the molecule is NCCCn1cc(OC2CCCCC2)cn1. The van der Waals surface area contributed by atoms with Gasteiger partial charge in [0.15, 0.2) is 5.75 Å². The Hall–Kier alpha value is -1.03. The number of rotatable bonds is 5. The summed E-state index contributed by atoms with van der Waals surface area (Å²) >= 11 is 0. The number of nitrogens with two attached hydrogens (primary N) is 1. The third-order valence-corrected chi connectivity index (χ3v) is 3.06. The van der Waals surface area contributed by atoms with Gasteiger partial charge in [-0.05, 0) is 38.6 Å². The molecule has 4 heteroatoms. The lowest BCUT2D eigenvalue weighted by Gasteiger charge is -2.21. The minimum Gasteiger partial charge on any atom is -0.487 e. The number of hydrogen-bond acceptors (Lipinski definition) is 3. The van der Waals surface area contributed by atoms with Crippen molar-refractivity contribution in [1.82, 2.24) is 9.78 Å². The summed E-state index contributed by atoms with van der Waals surface area (Å²) in [5.74, 6) is 0.906. The van der Waals surface area contributed by atoms with E-state index in [0.717, 1.165) is 18.7 Å². The summed E-state index contributed by atoms with van der Waals surface area (Å²) in [6.07, 6.45) is 11.5. The molecule has 0 saturated heterocycles. The van der Waals surface area contributed by atoms with Crippen LogP contribution in [-0.4, -0.2) is 22.4 Å². The Kier molecular flexibility index (Phi) is 4.22. The summed E-state index contributed by atoms with van der Waals surface area (Å²) in [5, 5.41) is 4.26. The second-order valence-electron chi connectivity index (χ2n) is 4.46. The summed E-state index contributed by atoms with van der Waals surface area (Å²) in [5.41, 5.74) is 5.46. The van der Waals surface area contributed by atoms with E-state index in [4.69, 9.17) is 10.5 Å². The quantitative estimate of drug-likeness (QED) is 0.830. The zero-order valence-corrected chi connectivity index (χ0v) is 9.77. The van der Waals surface area contributed by atoms with Crippen molar-refractivity contribution in [2.24, 2.45) is 5.73 Å². The molecule has 1 heterocycles. The lowest BCUT2D eigenvalue weighted by molar-refractivity contribution is 0.155. The Morgan fingerprint density at radius 2 is 2.19 bits per heavy atom. The highest BCUT2D eigenvalue weighted by Crippen LogP contribution is 2.22. The largest absolute Gasteiger partial charge is 0.487 e. The maximum absolute atomic E-state index is 5.90. The normalized spacial score (nSPS) is 17.6. The van der Waals surface area contributed by atoms with Crippen molar-refractivity contribution in [3.8, 4) is 5.75 Å². The van der Waals surface area contributed by atoms with Crippen LogP contribution in [0.3, 0.4) is 0 Å². The van der Waals surface area contributed by atoms with E-state index in [1.165, 1.54) is 32.1 Å². The Labute approximate surface area is 96.8 Å². The highest BCUT2D eigenvalue weighted by Gasteiger charge is 2.15. The second kappa shape index (κ2) is 5.89. The minimum absolute atomic E-state index is 0.404. The molecular formula is C12H21N3O. The molecule has 2 rings (SSSR count). The molecule has 0 bridgehead atoms. The fourth-order valence-electron chi connectivity index (χ4n) is 2.16. The van der Waals surface area contributed by atoms with Crippen LogP contribution in [0.25, 0.3) is 0 Å². The van der Waals surface area contributed by atoms with Crippen LogP contribution in [0.15, 0.2) is 12.4 Å². The van der Waals surface area contributed by atoms with E-state index in [1.54, 1.807) is 0 Å². The highest BCUT2D eigenvalue weighted by atomic mass is 16.5. The van der Waals surface area contributed by atoms with E-state index in [-0.39, 0.29) is 0 Å². The van der Waals surface area contributed by atoms with Crippen molar-refractivity contribution in [3.05, 3.63) is 12.4 Å². The van der Waals surface area contributed by atoms with E-state index in [9.17, 15) is 0 Å². The van der Waals surface area contributed by atoms with Crippen LogP contribution in [0.2, 0.25) is 0 Å². The van der Waals surface area contributed by atoms with Gasteiger partial charge >= 0.3 is 0 Å². The number of aryl methyl sites for hydroxylation is 1. The summed E-state index contributed by atoms with van der Waals surface area (Å²) in [6.45, 7) is 1.59. The highest BCUT2D eigenvalue weighted by molar-refractivity contribution is 5.12. The van der Waals surface area contributed by atoms with E-state index in [0.29, 0.717) is 12.6 Å². The summed E-state index contributed by atoms with van der Waals surface area (Å²) in [6, 6.07) is 0. The van der Waals surface area contributed by atoms with Gasteiger partial charge in [-0.1, -0.05) is 6.42 Å². The van der Waals surface area contributed by atoms with Gasteiger partial charge in [-0.3, -0.25) is 4.68 Å². The molecule has 0 atom stereocenters. The second-order valence-corrected chi connectivity index (χ2v) is 4.46. The maximum atomic E-state index is 5.90. The van der Waals surface area contributed by atoms with E-state index >= 15 is 0 Å². The molecule has 1 aliphatic carbocycles. The summed E-state index contributed by atoms with van der Waals surface area (Å²) < 4.78 is 7.81. The van der Waals surface area contributed by atoms with Gasteiger partial charge in [0.25, 0.3) is 0 Å². The van der Waals surface area contributed by atoms with Crippen molar-refractivity contribution >= 4 is 0 Å². The zero-order valence-electron chi connectivity index (χ0n) is 9.77. The van der Waals surface area contributed by atoms with Crippen molar-refractivity contribution in [2.45, 2.75) is 51.2 Å². The molecule has 1 aromatic heterocycles. The molecule has 0 unspecified atom stereocenters. The molecule has 1 aromatic rings. The fraction of sp³-hybridized carbons (Fsp3) is 0.750. The molecular weight excluding hydrogens is 202 g/mol.